The Morgan fingerprint density at radius 1 is 1.20 bits per heavy atom. The molecule has 1 N–H and O–H groups in total. The summed E-state index contributed by atoms with van der Waals surface area (Å²) in [6.07, 6.45) is 3.28. The van der Waals surface area contributed by atoms with Gasteiger partial charge in [0.1, 0.15) is 11.2 Å². The molecule has 2 saturated heterocycles. The number of halogens is 1. The van der Waals surface area contributed by atoms with Crippen LogP contribution < -0.4 is 10.2 Å². The first kappa shape index (κ1) is 20.9. The van der Waals surface area contributed by atoms with Crippen LogP contribution in [0, 0.1) is 16.0 Å². The molecule has 0 atom stereocenters. The number of amides is 3. The normalized spacial score (nSPS) is 27.6. The molecule has 30 heavy (non-hydrogen) atoms. The fraction of sp³-hybridized carbons (Fsp3) is 0.600. The molecule has 1 aromatic rings. The highest BCUT2D eigenvalue weighted by atomic mass is 35.5. The zero-order valence-corrected chi connectivity index (χ0v) is 17.7. The van der Waals surface area contributed by atoms with Crippen molar-refractivity contribution >= 4 is 34.9 Å². The molecule has 2 aliphatic heterocycles. The average molecular weight is 436 g/mol. The Balaban J connectivity index is 1.38. The van der Waals surface area contributed by atoms with Gasteiger partial charge in [-0.3, -0.25) is 19.8 Å². The Morgan fingerprint density at radius 2 is 1.87 bits per heavy atom. The summed E-state index contributed by atoms with van der Waals surface area (Å²) in [5.74, 6) is 0.467. The molecule has 3 aliphatic rings. The van der Waals surface area contributed by atoms with E-state index in [4.69, 9.17) is 11.6 Å². The maximum Gasteiger partial charge on any atom is 0.326 e. The number of nitro benzene ring substituents is 1. The van der Waals surface area contributed by atoms with Gasteiger partial charge in [-0.1, -0.05) is 18.5 Å². The number of rotatable bonds is 4. The average Bonchev–Trinajstić information content (AvgIpc) is 2.95. The van der Waals surface area contributed by atoms with Gasteiger partial charge in [0.2, 0.25) is 0 Å². The van der Waals surface area contributed by atoms with Crippen molar-refractivity contribution in [2.24, 2.45) is 5.92 Å². The number of carbonyl (C=O) groups is 2. The minimum absolute atomic E-state index is 0.0153. The van der Waals surface area contributed by atoms with Gasteiger partial charge in [-0.05, 0) is 43.7 Å². The molecule has 162 valence electrons. The van der Waals surface area contributed by atoms with Crippen molar-refractivity contribution in [2.75, 3.05) is 37.7 Å². The van der Waals surface area contributed by atoms with Crippen LogP contribution in [-0.2, 0) is 4.79 Å². The number of anilines is 1. The lowest BCUT2D eigenvalue weighted by molar-refractivity contribution is -0.384. The Bertz CT molecular complexity index is 863. The van der Waals surface area contributed by atoms with Crippen LogP contribution >= 0.6 is 11.6 Å². The van der Waals surface area contributed by atoms with Gasteiger partial charge >= 0.3 is 6.03 Å². The second kappa shape index (κ2) is 8.03. The maximum absolute atomic E-state index is 13.0. The molecule has 3 fully saturated rings. The highest BCUT2D eigenvalue weighted by Gasteiger charge is 2.52. The minimum Gasteiger partial charge on any atom is -0.363 e. The first-order valence-electron chi connectivity index (χ1n) is 10.3. The van der Waals surface area contributed by atoms with Crippen molar-refractivity contribution in [3.05, 3.63) is 33.3 Å². The molecule has 1 saturated carbocycles. The molecule has 10 heteroatoms. The van der Waals surface area contributed by atoms with Crippen molar-refractivity contribution in [1.82, 2.24) is 15.1 Å². The molecule has 0 unspecified atom stereocenters. The van der Waals surface area contributed by atoms with Crippen molar-refractivity contribution in [2.45, 2.75) is 38.1 Å². The smallest absolute Gasteiger partial charge is 0.326 e. The number of piperazine rings is 1. The lowest BCUT2D eigenvalue weighted by Crippen LogP contribution is -2.52. The SMILES string of the molecule is CC1CCC2(CC1)NC(=O)N(CN1CCN(c3ccc(Cl)cc3[N+](=O)[O-])CC1)C2=O. The minimum atomic E-state index is -0.727. The Hall–Kier alpha value is -2.39. The first-order valence-corrected chi connectivity index (χ1v) is 10.7. The van der Waals surface area contributed by atoms with Crippen LogP contribution in [0.3, 0.4) is 0 Å². The van der Waals surface area contributed by atoms with Crippen molar-refractivity contribution in [3.8, 4) is 0 Å². The molecule has 3 amide bonds. The van der Waals surface area contributed by atoms with Crippen LogP contribution in [-0.4, -0.2) is 65.0 Å². The number of benzene rings is 1. The fourth-order valence-electron chi connectivity index (χ4n) is 4.64. The number of carbonyl (C=O) groups excluding carboxylic acids is 2. The summed E-state index contributed by atoms with van der Waals surface area (Å²) in [7, 11) is 0. The third kappa shape index (κ3) is 3.83. The van der Waals surface area contributed by atoms with Gasteiger partial charge in [0.15, 0.2) is 0 Å². The standard InChI is InChI=1S/C20H26ClN5O4/c1-14-4-6-20(7-5-14)18(27)25(19(28)22-20)13-23-8-10-24(11-9-23)16-3-2-15(21)12-17(16)26(29)30/h2-3,12,14H,4-11,13H2,1H3,(H,22,28). The topological polar surface area (TPSA) is 99.0 Å². The summed E-state index contributed by atoms with van der Waals surface area (Å²) < 4.78 is 0. The second-order valence-corrected chi connectivity index (χ2v) is 9.00. The van der Waals surface area contributed by atoms with E-state index in [1.807, 2.05) is 9.80 Å². The molecule has 1 spiro atoms. The van der Waals surface area contributed by atoms with E-state index in [0.717, 1.165) is 12.8 Å². The van der Waals surface area contributed by atoms with E-state index in [1.54, 1.807) is 12.1 Å². The molecule has 0 aromatic heterocycles. The Labute approximate surface area is 180 Å². The largest absolute Gasteiger partial charge is 0.363 e. The van der Waals surface area contributed by atoms with Crippen LogP contribution in [0.1, 0.15) is 32.6 Å². The van der Waals surface area contributed by atoms with Crippen LogP contribution in [0.5, 0.6) is 0 Å². The number of hydrogen-bond donors (Lipinski definition) is 1. The van der Waals surface area contributed by atoms with E-state index in [1.165, 1.54) is 11.0 Å². The molecule has 4 rings (SSSR count). The lowest BCUT2D eigenvalue weighted by Gasteiger charge is -2.37. The lowest BCUT2D eigenvalue weighted by atomic mass is 9.77. The van der Waals surface area contributed by atoms with E-state index < -0.39 is 10.5 Å². The van der Waals surface area contributed by atoms with Gasteiger partial charge in [-0.25, -0.2) is 9.69 Å². The maximum atomic E-state index is 13.0. The number of imide groups is 1. The quantitative estimate of drug-likeness (QED) is 0.443. The summed E-state index contributed by atoms with van der Waals surface area (Å²) in [4.78, 5) is 41.8. The van der Waals surface area contributed by atoms with E-state index >= 15 is 0 Å². The van der Waals surface area contributed by atoms with Crippen molar-refractivity contribution in [1.29, 1.82) is 0 Å². The summed E-state index contributed by atoms with van der Waals surface area (Å²) >= 11 is 5.91. The second-order valence-electron chi connectivity index (χ2n) is 8.56. The molecular formula is C20H26ClN5O4. The molecule has 2 heterocycles. The zero-order chi connectivity index (χ0) is 21.5. The molecule has 1 aromatic carbocycles. The van der Waals surface area contributed by atoms with E-state index in [0.29, 0.717) is 55.6 Å². The van der Waals surface area contributed by atoms with Gasteiger partial charge < -0.3 is 10.2 Å². The molecule has 0 radical (unpaired) electrons. The number of nitro groups is 1. The predicted octanol–water partition coefficient (Wildman–Crippen LogP) is 2.83. The number of hydrogen-bond acceptors (Lipinski definition) is 6. The molecular weight excluding hydrogens is 410 g/mol. The van der Waals surface area contributed by atoms with Gasteiger partial charge in [-0.2, -0.15) is 0 Å². The number of urea groups is 1. The number of nitrogens with one attached hydrogen (secondary N) is 1. The fourth-order valence-corrected chi connectivity index (χ4v) is 4.81. The Kier molecular flexibility index (Phi) is 5.59. The van der Waals surface area contributed by atoms with E-state index in [9.17, 15) is 19.7 Å². The number of nitrogens with zero attached hydrogens (tertiary/aromatic N) is 4. The van der Waals surface area contributed by atoms with Crippen LogP contribution in [0.15, 0.2) is 18.2 Å². The summed E-state index contributed by atoms with van der Waals surface area (Å²) in [6.45, 7) is 4.75. The van der Waals surface area contributed by atoms with E-state index in [2.05, 4.69) is 12.2 Å². The van der Waals surface area contributed by atoms with Crippen LogP contribution in [0.25, 0.3) is 0 Å². The molecule has 1 aliphatic carbocycles. The third-order valence-electron chi connectivity index (χ3n) is 6.56. The van der Waals surface area contributed by atoms with Crippen LogP contribution in [0.4, 0.5) is 16.2 Å². The molecule has 0 bridgehead atoms. The van der Waals surface area contributed by atoms with Gasteiger partial charge in [0.25, 0.3) is 11.6 Å². The van der Waals surface area contributed by atoms with E-state index in [-0.39, 0.29) is 24.3 Å². The van der Waals surface area contributed by atoms with Crippen molar-refractivity contribution < 1.29 is 14.5 Å². The summed E-state index contributed by atoms with van der Waals surface area (Å²) in [5.41, 5.74) is -0.206. The highest BCUT2D eigenvalue weighted by Crippen LogP contribution is 2.36. The van der Waals surface area contributed by atoms with Crippen LogP contribution in [0.2, 0.25) is 5.02 Å². The molecule has 9 nitrogen and oxygen atoms in total. The summed E-state index contributed by atoms with van der Waals surface area (Å²) in [6, 6.07) is 4.36. The first-order chi connectivity index (χ1) is 14.3. The monoisotopic (exact) mass is 435 g/mol. The van der Waals surface area contributed by atoms with Gasteiger partial charge in [0, 0.05) is 37.3 Å². The summed E-state index contributed by atoms with van der Waals surface area (Å²) in [5, 5.41) is 14.7. The third-order valence-corrected chi connectivity index (χ3v) is 6.80. The van der Waals surface area contributed by atoms with Gasteiger partial charge in [-0.15, -0.1) is 0 Å². The zero-order valence-electron chi connectivity index (χ0n) is 17.0. The predicted molar refractivity (Wildman–Crippen MR) is 113 cm³/mol. The van der Waals surface area contributed by atoms with Gasteiger partial charge in [0.05, 0.1) is 11.6 Å². The van der Waals surface area contributed by atoms with Crippen molar-refractivity contribution in [3.63, 3.8) is 0 Å². The highest BCUT2D eigenvalue weighted by molar-refractivity contribution is 6.30. The Morgan fingerprint density at radius 3 is 2.50 bits per heavy atom.